The molecule has 9 heteroatoms. The summed E-state index contributed by atoms with van der Waals surface area (Å²) in [4.78, 5) is 0.184. The third-order valence-corrected chi connectivity index (χ3v) is 5.94. The Balaban J connectivity index is 2.08. The van der Waals surface area contributed by atoms with Gasteiger partial charge >= 0.3 is 0 Å². The second-order valence-corrected chi connectivity index (χ2v) is 9.06. The van der Waals surface area contributed by atoms with Crippen molar-refractivity contribution >= 4 is 54.7 Å². The summed E-state index contributed by atoms with van der Waals surface area (Å²) in [6.07, 6.45) is 0. The molecule has 2 N–H and O–H groups in total. The molecule has 138 valence electrons. The first-order chi connectivity index (χ1) is 12.2. The van der Waals surface area contributed by atoms with Crippen LogP contribution in [0.25, 0.3) is 0 Å². The van der Waals surface area contributed by atoms with E-state index in [4.69, 9.17) is 12.2 Å². The van der Waals surface area contributed by atoms with Gasteiger partial charge in [0.15, 0.2) is 5.11 Å². The molecule has 0 saturated heterocycles. The molecule has 0 aliphatic heterocycles. The van der Waals surface area contributed by atoms with Crippen molar-refractivity contribution < 1.29 is 8.42 Å². The lowest BCUT2D eigenvalue weighted by Gasteiger charge is -2.13. The third kappa shape index (κ3) is 5.34. The lowest BCUT2D eigenvalue weighted by Crippen LogP contribution is -2.25. The van der Waals surface area contributed by atoms with E-state index in [9.17, 15) is 8.42 Å². The van der Waals surface area contributed by atoms with Gasteiger partial charge in [-0.15, -0.1) is 0 Å². The Kier molecular flexibility index (Phi) is 6.87. The Labute approximate surface area is 167 Å². The summed E-state index contributed by atoms with van der Waals surface area (Å²) in [5.74, 6) is 0. The molecule has 0 spiro atoms. The van der Waals surface area contributed by atoms with Crippen LogP contribution in [-0.4, -0.2) is 37.6 Å². The number of sulfonamides is 1. The second-order valence-electron chi connectivity index (χ2n) is 5.59. The van der Waals surface area contributed by atoms with Crippen LogP contribution in [0.3, 0.4) is 0 Å². The number of anilines is 1. The van der Waals surface area contributed by atoms with Crippen LogP contribution in [0.5, 0.6) is 0 Å². The minimum atomic E-state index is -3.50. The van der Waals surface area contributed by atoms with Crippen LogP contribution in [0.1, 0.15) is 12.5 Å². The predicted octanol–water partition coefficient (Wildman–Crippen LogP) is 3.41. The van der Waals surface area contributed by atoms with Crippen LogP contribution in [-0.2, 0) is 10.0 Å². The van der Waals surface area contributed by atoms with Gasteiger partial charge in [0.1, 0.15) is 0 Å². The molecule has 26 heavy (non-hydrogen) atoms. The molecule has 0 bridgehead atoms. The first-order valence-electron chi connectivity index (χ1n) is 7.60. The molecule has 0 unspecified atom stereocenters. The topological polar surface area (TPSA) is 73.8 Å². The number of hydrogen-bond donors (Lipinski definition) is 2. The van der Waals surface area contributed by atoms with Crippen molar-refractivity contribution in [1.82, 2.24) is 9.73 Å². The number of thiocarbonyl (C=S) groups is 1. The van der Waals surface area contributed by atoms with Crippen LogP contribution in [0, 0.1) is 0 Å². The summed E-state index contributed by atoms with van der Waals surface area (Å²) in [5, 5.41) is 7.44. The van der Waals surface area contributed by atoms with Gasteiger partial charge in [0.05, 0.1) is 10.6 Å². The number of nitrogens with one attached hydrogen (secondary N) is 2. The highest BCUT2D eigenvalue weighted by molar-refractivity contribution is 9.10. The Morgan fingerprint density at radius 1 is 1.15 bits per heavy atom. The number of hydrazone groups is 1. The summed E-state index contributed by atoms with van der Waals surface area (Å²) < 4.78 is 26.5. The van der Waals surface area contributed by atoms with Crippen LogP contribution < -0.4 is 10.7 Å². The summed E-state index contributed by atoms with van der Waals surface area (Å²) in [6, 6.07) is 14.2. The molecule has 2 aromatic carbocycles. The lowest BCUT2D eigenvalue weighted by atomic mass is 10.1. The fraction of sp³-hybridized carbons (Fsp3) is 0.176. The van der Waals surface area contributed by atoms with Crippen LogP contribution in [0.2, 0.25) is 0 Å². The smallest absolute Gasteiger partial charge is 0.242 e. The first kappa shape index (κ1) is 20.5. The van der Waals surface area contributed by atoms with Gasteiger partial charge < -0.3 is 5.32 Å². The molecule has 2 aromatic rings. The minimum Gasteiger partial charge on any atom is -0.331 e. The zero-order chi connectivity index (χ0) is 19.3. The van der Waals surface area contributed by atoms with Crippen molar-refractivity contribution in [2.75, 3.05) is 19.4 Å². The van der Waals surface area contributed by atoms with Crippen LogP contribution >= 0.6 is 28.1 Å². The van der Waals surface area contributed by atoms with Crippen molar-refractivity contribution in [2.45, 2.75) is 11.8 Å². The van der Waals surface area contributed by atoms with Crippen molar-refractivity contribution in [3.8, 4) is 0 Å². The maximum absolute atomic E-state index is 12.2. The molecule has 2 rings (SSSR count). The van der Waals surface area contributed by atoms with Gasteiger partial charge in [0, 0.05) is 24.3 Å². The molecular weight excluding hydrogens is 436 g/mol. The molecule has 0 amide bonds. The van der Waals surface area contributed by atoms with Crippen molar-refractivity contribution in [1.29, 1.82) is 0 Å². The normalized spacial score (nSPS) is 12.1. The van der Waals surface area contributed by atoms with Gasteiger partial charge in [-0.05, 0) is 55.0 Å². The molecule has 6 nitrogen and oxygen atoms in total. The zero-order valence-electron chi connectivity index (χ0n) is 14.5. The third-order valence-electron chi connectivity index (χ3n) is 3.44. The average molecular weight is 455 g/mol. The Morgan fingerprint density at radius 3 is 2.50 bits per heavy atom. The molecule has 0 heterocycles. The standard InChI is InChI=1S/C17H19BrN4O2S2/c1-12(13-6-4-7-14(18)10-13)20-21-17(25)19-15-8-5-9-16(11-15)26(23,24)22(2)3/h4-11H,1-3H3,(H2,19,21,25)/b20-12-. The molecule has 0 aliphatic carbocycles. The predicted molar refractivity (Wildman–Crippen MR) is 113 cm³/mol. The molecule has 0 aliphatic rings. The molecule has 0 saturated carbocycles. The van der Waals surface area contributed by atoms with E-state index in [1.807, 2.05) is 31.2 Å². The lowest BCUT2D eigenvalue weighted by molar-refractivity contribution is 0.521. The first-order valence-corrected chi connectivity index (χ1v) is 10.2. The van der Waals surface area contributed by atoms with Crippen molar-refractivity contribution in [3.05, 3.63) is 58.6 Å². The SMILES string of the molecule is C/C(=N/NC(=S)Nc1cccc(S(=O)(=O)N(C)C)c1)c1cccc(Br)c1. The second kappa shape index (κ2) is 8.72. The zero-order valence-corrected chi connectivity index (χ0v) is 17.7. The summed E-state index contributed by atoms with van der Waals surface area (Å²) in [6.45, 7) is 1.86. The Morgan fingerprint density at radius 2 is 1.85 bits per heavy atom. The highest BCUT2D eigenvalue weighted by Crippen LogP contribution is 2.18. The molecule has 0 atom stereocenters. The van der Waals surface area contributed by atoms with E-state index in [0.717, 1.165) is 20.1 Å². The number of nitrogens with zero attached hydrogens (tertiary/aromatic N) is 2. The number of hydrogen-bond acceptors (Lipinski definition) is 4. The van der Waals surface area contributed by atoms with Gasteiger partial charge in [-0.2, -0.15) is 5.10 Å². The Hall–Kier alpha value is -1.81. The quantitative estimate of drug-likeness (QED) is 0.411. The summed E-state index contributed by atoms with van der Waals surface area (Å²) in [7, 11) is -0.529. The number of rotatable bonds is 5. The summed E-state index contributed by atoms with van der Waals surface area (Å²) >= 11 is 8.64. The fourth-order valence-corrected chi connectivity index (χ4v) is 3.53. The maximum Gasteiger partial charge on any atom is 0.242 e. The van der Waals surface area contributed by atoms with Gasteiger partial charge in [0.25, 0.3) is 0 Å². The van der Waals surface area contributed by atoms with Crippen molar-refractivity contribution in [3.63, 3.8) is 0 Å². The maximum atomic E-state index is 12.2. The average Bonchev–Trinajstić information content (AvgIpc) is 2.59. The van der Waals surface area contributed by atoms with E-state index in [0.29, 0.717) is 5.69 Å². The number of benzene rings is 2. The molecule has 0 fully saturated rings. The van der Waals surface area contributed by atoms with Gasteiger partial charge in [-0.25, -0.2) is 12.7 Å². The minimum absolute atomic E-state index is 0.184. The molecule has 0 aromatic heterocycles. The van der Waals surface area contributed by atoms with Crippen molar-refractivity contribution in [2.24, 2.45) is 5.10 Å². The van der Waals surface area contributed by atoms with Crippen LogP contribution in [0.4, 0.5) is 5.69 Å². The van der Waals surface area contributed by atoms with E-state index in [1.165, 1.54) is 26.2 Å². The monoisotopic (exact) mass is 454 g/mol. The number of halogens is 1. The van der Waals surface area contributed by atoms with E-state index in [-0.39, 0.29) is 10.0 Å². The van der Waals surface area contributed by atoms with Gasteiger partial charge in [-0.1, -0.05) is 34.1 Å². The van der Waals surface area contributed by atoms with Gasteiger partial charge in [-0.3, -0.25) is 5.43 Å². The summed E-state index contributed by atoms with van der Waals surface area (Å²) in [5.41, 5.74) is 5.04. The molecular formula is C17H19BrN4O2S2. The highest BCUT2D eigenvalue weighted by atomic mass is 79.9. The fourth-order valence-electron chi connectivity index (χ4n) is 2.02. The van der Waals surface area contributed by atoms with Gasteiger partial charge in [0.2, 0.25) is 10.0 Å². The van der Waals surface area contributed by atoms with E-state index >= 15 is 0 Å². The molecule has 0 radical (unpaired) electrons. The van der Waals surface area contributed by atoms with E-state index in [1.54, 1.807) is 12.1 Å². The Bertz CT molecular complexity index is 943. The van der Waals surface area contributed by atoms with E-state index in [2.05, 4.69) is 31.8 Å². The van der Waals surface area contributed by atoms with Crippen LogP contribution in [0.15, 0.2) is 63.0 Å². The highest BCUT2D eigenvalue weighted by Gasteiger charge is 2.17. The van der Waals surface area contributed by atoms with E-state index < -0.39 is 10.0 Å². The largest absolute Gasteiger partial charge is 0.331 e.